The van der Waals surface area contributed by atoms with Gasteiger partial charge in [0, 0.05) is 0 Å². The number of amides is 4. The number of urea groups is 1. The second-order valence-electron chi connectivity index (χ2n) is 6.10. The molecule has 29 heavy (non-hydrogen) atoms. The zero-order valence-corrected chi connectivity index (χ0v) is 18.3. The van der Waals surface area contributed by atoms with Crippen molar-refractivity contribution in [3.05, 3.63) is 62.0 Å². The molecule has 0 aliphatic carbocycles. The molecule has 146 valence electrons. The minimum atomic E-state index is -0.790. The van der Waals surface area contributed by atoms with Gasteiger partial charge in [-0.25, -0.2) is 9.69 Å². The lowest BCUT2D eigenvalue weighted by atomic mass is 10.1. The highest BCUT2D eigenvalue weighted by atomic mass is 79.9. The number of aryl methyl sites for hydroxylation is 1. The number of barbiturate groups is 1. The van der Waals surface area contributed by atoms with Crippen LogP contribution >= 0.6 is 31.9 Å². The minimum absolute atomic E-state index is 0.0894. The van der Waals surface area contributed by atoms with Gasteiger partial charge >= 0.3 is 6.03 Å². The number of terminal acetylenes is 1. The van der Waals surface area contributed by atoms with Crippen LogP contribution in [-0.4, -0.2) is 24.5 Å². The van der Waals surface area contributed by atoms with E-state index in [0.717, 1.165) is 10.5 Å². The van der Waals surface area contributed by atoms with Crippen LogP contribution in [-0.2, 0) is 9.59 Å². The summed E-state index contributed by atoms with van der Waals surface area (Å²) in [5.41, 5.74) is 1.74. The van der Waals surface area contributed by atoms with Crippen LogP contribution in [0, 0.1) is 19.3 Å². The van der Waals surface area contributed by atoms with Gasteiger partial charge in [0.05, 0.1) is 14.6 Å². The Bertz CT molecular complexity index is 1060. The lowest BCUT2D eigenvalue weighted by Crippen LogP contribution is -2.54. The summed E-state index contributed by atoms with van der Waals surface area (Å²) in [5, 5.41) is 2.20. The number of carbonyl (C=O) groups excluding carboxylic acids is 3. The van der Waals surface area contributed by atoms with Gasteiger partial charge in [0.15, 0.2) is 0 Å². The quantitative estimate of drug-likeness (QED) is 0.374. The first-order valence-corrected chi connectivity index (χ1v) is 9.94. The molecule has 3 rings (SSSR count). The fourth-order valence-corrected chi connectivity index (χ4v) is 4.12. The van der Waals surface area contributed by atoms with Gasteiger partial charge in [-0.1, -0.05) is 23.6 Å². The molecule has 0 aromatic heterocycles. The number of hydrogen-bond acceptors (Lipinski definition) is 4. The van der Waals surface area contributed by atoms with E-state index in [1.807, 2.05) is 6.92 Å². The second kappa shape index (κ2) is 8.64. The Morgan fingerprint density at radius 1 is 1.14 bits per heavy atom. The molecule has 1 fully saturated rings. The third kappa shape index (κ3) is 4.42. The maximum atomic E-state index is 12.9. The molecule has 0 unspecified atom stereocenters. The molecule has 1 saturated heterocycles. The van der Waals surface area contributed by atoms with Crippen molar-refractivity contribution in [2.24, 2.45) is 0 Å². The largest absolute Gasteiger partial charge is 0.479 e. The Kier molecular flexibility index (Phi) is 6.20. The average molecular weight is 518 g/mol. The number of nitrogens with one attached hydrogen (secondary N) is 1. The number of benzene rings is 2. The molecule has 0 bridgehead atoms. The molecule has 0 spiro atoms. The Labute approximate surface area is 184 Å². The van der Waals surface area contributed by atoms with Crippen LogP contribution in [0.15, 0.2) is 50.9 Å². The Hall–Kier alpha value is -2.89. The summed E-state index contributed by atoms with van der Waals surface area (Å²) in [4.78, 5) is 38.4. The SMILES string of the molecule is C#CCOc1c(Br)cc(/C=C2\C(=O)NC(=O)N(c3ccc(C)cc3)C2=O)cc1Br. The van der Waals surface area contributed by atoms with E-state index >= 15 is 0 Å². The van der Waals surface area contributed by atoms with E-state index in [1.54, 1.807) is 36.4 Å². The molecule has 1 N–H and O–H groups in total. The molecule has 1 aliphatic rings. The molecule has 0 saturated carbocycles. The summed E-state index contributed by atoms with van der Waals surface area (Å²) >= 11 is 6.77. The number of imide groups is 2. The molecule has 4 amide bonds. The van der Waals surface area contributed by atoms with Crippen LogP contribution < -0.4 is 15.0 Å². The Balaban J connectivity index is 1.98. The van der Waals surface area contributed by atoms with Crippen LogP contribution in [0.4, 0.5) is 10.5 Å². The van der Waals surface area contributed by atoms with Gasteiger partial charge in [-0.05, 0) is 74.7 Å². The maximum Gasteiger partial charge on any atom is 0.335 e. The van der Waals surface area contributed by atoms with Gasteiger partial charge in [-0.15, -0.1) is 6.42 Å². The Morgan fingerprint density at radius 3 is 2.34 bits per heavy atom. The topological polar surface area (TPSA) is 75.7 Å². The molecule has 8 heteroatoms. The fraction of sp³-hybridized carbons (Fsp3) is 0.0952. The number of hydrogen-bond donors (Lipinski definition) is 1. The van der Waals surface area contributed by atoms with Crippen LogP contribution in [0.1, 0.15) is 11.1 Å². The van der Waals surface area contributed by atoms with Crippen molar-refractivity contribution in [3.8, 4) is 18.1 Å². The molecule has 1 heterocycles. The molecular formula is C21H14Br2N2O4. The molecule has 2 aromatic carbocycles. The van der Waals surface area contributed by atoms with Gasteiger partial charge in [-0.2, -0.15) is 0 Å². The van der Waals surface area contributed by atoms with E-state index in [1.165, 1.54) is 6.08 Å². The first kappa shape index (κ1) is 20.8. The van der Waals surface area contributed by atoms with Gasteiger partial charge in [-0.3, -0.25) is 14.9 Å². The highest BCUT2D eigenvalue weighted by molar-refractivity contribution is 9.11. The maximum absolute atomic E-state index is 12.9. The first-order chi connectivity index (χ1) is 13.8. The van der Waals surface area contributed by atoms with Crippen molar-refractivity contribution in [1.82, 2.24) is 5.32 Å². The van der Waals surface area contributed by atoms with E-state index in [9.17, 15) is 14.4 Å². The van der Waals surface area contributed by atoms with Crippen molar-refractivity contribution in [2.45, 2.75) is 6.92 Å². The average Bonchev–Trinajstić information content (AvgIpc) is 2.66. The number of halogens is 2. The molecule has 1 aliphatic heterocycles. The Morgan fingerprint density at radius 2 is 1.76 bits per heavy atom. The summed E-state index contributed by atoms with van der Waals surface area (Å²) in [6, 6.07) is 9.41. The fourth-order valence-electron chi connectivity index (χ4n) is 2.67. The number of nitrogens with zero attached hydrogens (tertiary/aromatic N) is 1. The van der Waals surface area contributed by atoms with Crippen molar-refractivity contribution in [2.75, 3.05) is 11.5 Å². The lowest BCUT2D eigenvalue weighted by molar-refractivity contribution is -0.122. The summed E-state index contributed by atoms with van der Waals surface area (Å²) in [5.74, 6) is 1.41. The van der Waals surface area contributed by atoms with Crippen molar-refractivity contribution >= 4 is 61.5 Å². The van der Waals surface area contributed by atoms with E-state index in [4.69, 9.17) is 11.2 Å². The summed E-state index contributed by atoms with van der Waals surface area (Å²) in [7, 11) is 0. The predicted molar refractivity (Wildman–Crippen MR) is 116 cm³/mol. The predicted octanol–water partition coefficient (Wildman–Crippen LogP) is 4.20. The molecule has 0 radical (unpaired) electrons. The van der Waals surface area contributed by atoms with E-state index in [2.05, 4.69) is 43.1 Å². The monoisotopic (exact) mass is 516 g/mol. The van der Waals surface area contributed by atoms with Crippen LogP contribution in [0.5, 0.6) is 5.75 Å². The van der Waals surface area contributed by atoms with Crippen LogP contribution in [0.25, 0.3) is 6.08 Å². The molecule has 6 nitrogen and oxygen atoms in total. The van der Waals surface area contributed by atoms with Gasteiger partial charge in [0.2, 0.25) is 0 Å². The van der Waals surface area contributed by atoms with Crippen molar-refractivity contribution in [1.29, 1.82) is 0 Å². The summed E-state index contributed by atoms with van der Waals surface area (Å²) in [6.07, 6.45) is 6.62. The summed E-state index contributed by atoms with van der Waals surface area (Å²) in [6.45, 7) is 1.98. The zero-order chi connectivity index (χ0) is 21.1. The van der Waals surface area contributed by atoms with E-state index in [0.29, 0.717) is 25.9 Å². The van der Waals surface area contributed by atoms with Crippen molar-refractivity contribution < 1.29 is 19.1 Å². The van der Waals surface area contributed by atoms with Gasteiger partial charge in [0.25, 0.3) is 11.8 Å². The van der Waals surface area contributed by atoms with Gasteiger partial charge in [0.1, 0.15) is 17.9 Å². The number of rotatable bonds is 4. The standard InChI is InChI=1S/C21H14Br2N2O4/c1-3-8-29-18-16(22)10-13(11-17(18)23)9-15-19(26)24-21(28)25(20(15)27)14-6-4-12(2)5-7-14/h1,4-7,9-11H,8H2,2H3,(H,24,26,28)/b15-9+. The highest BCUT2D eigenvalue weighted by Crippen LogP contribution is 2.35. The normalized spacial score (nSPS) is 15.3. The number of anilines is 1. The third-order valence-electron chi connectivity index (χ3n) is 4.03. The number of ether oxygens (including phenoxy) is 1. The third-order valence-corrected chi connectivity index (χ3v) is 5.20. The number of carbonyl (C=O) groups is 3. The smallest absolute Gasteiger partial charge is 0.335 e. The van der Waals surface area contributed by atoms with E-state index in [-0.39, 0.29) is 12.2 Å². The highest BCUT2D eigenvalue weighted by Gasteiger charge is 2.36. The molecular weight excluding hydrogens is 504 g/mol. The first-order valence-electron chi connectivity index (χ1n) is 8.35. The molecule has 2 aromatic rings. The van der Waals surface area contributed by atoms with Crippen molar-refractivity contribution in [3.63, 3.8) is 0 Å². The van der Waals surface area contributed by atoms with Crippen LogP contribution in [0.3, 0.4) is 0 Å². The minimum Gasteiger partial charge on any atom is -0.479 e. The summed E-state index contributed by atoms with van der Waals surface area (Å²) < 4.78 is 6.63. The zero-order valence-electron chi connectivity index (χ0n) is 15.2. The van der Waals surface area contributed by atoms with E-state index < -0.39 is 17.8 Å². The lowest BCUT2D eigenvalue weighted by Gasteiger charge is -2.26. The molecule has 0 atom stereocenters. The second-order valence-corrected chi connectivity index (χ2v) is 7.81. The van der Waals surface area contributed by atoms with Crippen LogP contribution in [0.2, 0.25) is 0 Å². The van der Waals surface area contributed by atoms with Gasteiger partial charge < -0.3 is 4.74 Å².